The Morgan fingerprint density at radius 2 is 1.75 bits per heavy atom. The van der Waals surface area contributed by atoms with Gasteiger partial charge in [-0.15, -0.1) is 0 Å². The van der Waals surface area contributed by atoms with Gasteiger partial charge in [-0.2, -0.15) is 0 Å². The average Bonchev–Trinajstić information content (AvgIpc) is 3.41. The van der Waals surface area contributed by atoms with Crippen LogP contribution in [0, 0.1) is 5.92 Å². The van der Waals surface area contributed by atoms with E-state index in [4.69, 9.17) is 0 Å². The molecule has 0 spiro atoms. The van der Waals surface area contributed by atoms with Crippen molar-refractivity contribution >= 4 is 21.7 Å². The number of likely N-dealkylation sites (tertiary alicyclic amines) is 1. The standard InChI is InChI=1S/C33H40N2O4S/c1-3-40(38,39)33-27-19-28(33)25-15-14-24(27)26(25)20-31(36)34-29-17-22(10-7-9-21(29)2)18-32(37)35-16-8-13-30(35)23-11-5-4-6-12-23/h4-6,11-12,18,26,29-30,33H,2-3,7-10,13-17,19-20H2,1H3,(H,34,36)/b22-18+. The lowest BCUT2D eigenvalue weighted by Gasteiger charge is -2.42. The lowest BCUT2D eigenvalue weighted by atomic mass is 9.70. The number of hydrogen-bond acceptors (Lipinski definition) is 4. The monoisotopic (exact) mass is 560 g/mol. The van der Waals surface area contributed by atoms with Gasteiger partial charge in [-0.1, -0.05) is 66.1 Å². The number of sulfone groups is 1. The zero-order valence-corrected chi connectivity index (χ0v) is 24.3. The summed E-state index contributed by atoms with van der Waals surface area (Å²) in [7, 11) is -3.14. The van der Waals surface area contributed by atoms with Crippen LogP contribution in [-0.2, 0) is 19.4 Å². The first-order valence-electron chi connectivity index (χ1n) is 14.9. The Morgan fingerprint density at radius 3 is 2.45 bits per heavy atom. The quantitative estimate of drug-likeness (QED) is 0.271. The van der Waals surface area contributed by atoms with Crippen molar-refractivity contribution in [3.05, 3.63) is 82.0 Å². The van der Waals surface area contributed by atoms with E-state index in [1.54, 1.807) is 6.92 Å². The highest BCUT2D eigenvalue weighted by Crippen LogP contribution is 2.58. The minimum absolute atomic E-state index is 0.0123. The van der Waals surface area contributed by atoms with Gasteiger partial charge >= 0.3 is 0 Å². The van der Waals surface area contributed by atoms with Crippen LogP contribution in [0.4, 0.5) is 0 Å². The molecule has 2 atom stereocenters. The molecule has 0 radical (unpaired) electrons. The molecule has 1 aromatic carbocycles. The van der Waals surface area contributed by atoms with E-state index >= 15 is 0 Å². The number of rotatable bonds is 7. The molecule has 1 heterocycles. The van der Waals surface area contributed by atoms with Crippen molar-refractivity contribution < 1.29 is 18.0 Å². The van der Waals surface area contributed by atoms with Crippen molar-refractivity contribution in [3.63, 3.8) is 0 Å². The smallest absolute Gasteiger partial charge is 0.247 e. The molecule has 4 fully saturated rings. The Labute approximate surface area is 238 Å². The third kappa shape index (κ3) is 4.91. The number of carbonyl (C=O) groups is 2. The van der Waals surface area contributed by atoms with Gasteiger partial charge in [0.05, 0.1) is 12.1 Å². The molecule has 6 nitrogen and oxygen atoms in total. The van der Waals surface area contributed by atoms with Crippen LogP contribution in [0.1, 0.15) is 82.7 Å². The molecule has 4 bridgehead atoms. The molecule has 5 aliphatic carbocycles. The number of nitrogens with zero attached hydrogens (tertiary/aromatic N) is 1. The summed E-state index contributed by atoms with van der Waals surface area (Å²) in [6.07, 6.45) is 9.94. The summed E-state index contributed by atoms with van der Waals surface area (Å²) in [5.41, 5.74) is 7.81. The Kier molecular flexibility index (Phi) is 7.36. The molecule has 2 unspecified atom stereocenters. The lowest BCUT2D eigenvalue weighted by Crippen LogP contribution is -2.42. The maximum Gasteiger partial charge on any atom is 0.247 e. The molecular weight excluding hydrogens is 520 g/mol. The number of carbonyl (C=O) groups excluding carboxylic acids is 2. The van der Waals surface area contributed by atoms with Crippen LogP contribution in [0.25, 0.3) is 0 Å². The molecule has 6 aliphatic rings. The Hall–Kier alpha value is -2.93. The van der Waals surface area contributed by atoms with E-state index in [0.29, 0.717) is 12.8 Å². The zero-order chi connectivity index (χ0) is 28.0. The van der Waals surface area contributed by atoms with Gasteiger partial charge < -0.3 is 10.2 Å². The van der Waals surface area contributed by atoms with E-state index in [1.807, 2.05) is 29.2 Å². The molecule has 1 N–H and O–H groups in total. The van der Waals surface area contributed by atoms with Crippen LogP contribution in [-0.4, -0.2) is 48.7 Å². The van der Waals surface area contributed by atoms with Gasteiger partial charge in [0.2, 0.25) is 11.8 Å². The van der Waals surface area contributed by atoms with Gasteiger partial charge in [0.1, 0.15) is 5.25 Å². The minimum atomic E-state index is -3.14. The van der Waals surface area contributed by atoms with E-state index in [1.165, 1.54) is 16.7 Å². The SMILES string of the molecule is C=C1CCC/C(=C\C(=O)N2CCCC2c2ccccc2)CC1NC(=O)CC1C2=C3CC(=C1CC2)C3S(=O)(=O)CC. The summed E-state index contributed by atoms with van der Waals surface area (Å²) < 4.78 is 25.3. The van der Waals surface area contributed by atoms with Gasteiger partial charge in [0, 0.05) is 30.7 Å². The van der Waals surface area contributed by atoms with Crippen molar-refractivity contribution in [1.82, 2.24) is 10.2 Å². The highest BCUT2D eigenvalue weighted by atomic mass is 32.2. The minimum Gasteiger partial charge on any atom is -0.349 e. The molecule has 0 aromatic heterocycles. The average molecular weight is 561 g/mol. The summed E-state index contributed by atoms with van der Waals surface area (Å²) in [6.45, 7) is 6.77. The number of amides is 2. The maximum atomic E-state index is 13.4. The Bertz CT molecular complexity index is 1410. The Balaban J connectivity index is 1.12. The van der Waals surface area contributed by atoms with Crippen molar-refractivity contribution in [2.75, 3.05) is 12.3 Å². The lowest BCUT2D eigenvalue weighted by molar-refractivity contribution is -0.127. The number of allylic oxidation sites excluding steroid dienone is 2. The highest BCUT2D eigenvalue weighted by Gasteiger charge is 2.51. The summed E-state index contributed by atoms with van der Waals surface area (Å²) in [4.78, 5) is 28.7. The van der Waals surface area contributed by atoms with Gasteiger partial charge in [-0.3, -0.25) is 9.59 Å². The van der Waals surface area contributed by atoms with E-state index < -0.39 is 15.1 Å². The van der Waals surface area contributed by atoms with Crippen LogP contribution >= 0.6 is 0 Å². The van der Waals surface area contributed by atoms with E-state index in [9.17, 15) is 18.0 Å². The predicted molar refractivity (Wildman–Crippen MR) is 157 cm³/mol. The van der Waals surface area contributed by atoms with Gasteiger partial charge in [0.15, 0.2) is 9.84 Å². The molecule has 1 aliphatic heterocycles. The number of hydrogen-bond donors (Lipinski definition) is 1. The third-order valence-corrected chi connectivity index (χ3v) is 11.9. The fourth-order valence-corrected chi connectivity index (χ4v) is 9.40. The topological polar surface area (TPSA) is 83.6 Å². The molecule has 1 aromatic rings. The van der Waals surface area contributed by atoms with Gasteiger partial charge in [0.25, 0.3) is 0 Å². The first-order valence-corrected chi connectivity index (χ1v) is 16.7. The fourth-order valence-electron chi connectivity index (χ4n) is 7.73. The zero-order valence-electron chi connectivity index (χ0n) is 23.5. The molecule has 2 amide bonds. The molecule has 7 rings (SSSR count). The predicted octanol–water partition coefficient (Wildman–Crippen LogP) is 5.51. The number of benzene rings is 1. The summed E-state index contributed by atoms with van der Waals surface area (Å²) in [6, 6.07) is 10.2. The summed E-state index contributed by atoms with van der Waals surface area (Å²) in [5, 5.41) is 2.84. The van der Waals surface area contributed by atoms with Gasteiger partial charge in [-0.25, -0.2) is 8.42 Å². The van der Waals surface area contributed by atoms with Crippen molar-refractivity contribution in [2.45, 2.75) is 88.5 Å². The normalized spacial score (nSPS) is 29.1. The largest absolute Gasteiger partial charge is 0.349 e. The van der Waals surface area contributed by atoms with Crippen molar-refractivity contribution in [2.24, 2.45) is 5.92 Å². The molecule has 3 saturated carbocycles. The number of nitrogens with one attached hydrogen (secondary N) is 1. The van der Waals surface area contributed by atoms with Gasteiger partial charge in [-0.05, 0) is 74.5 Å². The first kappa shape index (κ1) is 27.3. The Morgan fingerprint density at radius 1 is 1.02 bits per heavy atom. The fraction of sp³-hybridized carbons (Fsp3) is 0.515. The molecule has 1 saturated heterocycles. The van der Waals surface area contributed by atoms with E-state index in [-0.39, 0.29) is 35.6 Å². The van der Waals surface area contributed by atoms with Crippen molar-refractivity contribution in [3.8, 4) is 0 Å². The third-order valence-electron chi connectivity index (χ3n) is 9.83. The molecule has 212 valence electrons. The van der Waals surface area contributed by atoms with Crippen LogP contribution in [0.5, 0.6) is 0 Å². The maximum absolute atomic E-state index is 13.4. The van der Waals surface area contributed by atoms with Crippen LogP contribution in [0.2, 0.25) is 0 Å². The van der Waals surface area contributed by atoms with E-state index in [2.05, 4.69) is 24.0 Å². The molecule has 7 heteroatoms. The second-order valence-corrected chi connectivity index (χ2v) is 14.5. The van der Waals surface area contributed by atoms with Crippen molar-refractivity contribution in [1.29, 1.82) is 0 Å². The highest BCUT2D eigenvalue weighted by molar-refractivity contribution is 7.92. The summed E-state index contributed by atoms with van der Waals surface area (Å²) in [5.74, 6) is 0.267. The van der Waals surface area contributed by atoms with E-state index in [0.717, 1.165) is 80.2 Å². The molecule has 40 heavy (non-hydrogen) atoms. The second-order valence-electron chi connectivity index (χ2n) is 12.1. The molecular formula is C33H40N2O4S. The first-order chi connectivity index (χ1) is 19.3. The van der Waals surface area contributed by atoms with Crippen LogP contribution < -0.4 is 5.32 Å². The van der Waals surface area contributed by atoms with Crippen LogP contribution in [0.3, 0.4) is 0 Å². The van der Waals surface area contributed by atoms with Crippen LogP contribution in [0.15, 0.2) is 76.4 Å². The second kappa shape index (κ2) is 10.8. The summed E-state index contributed by atoms with van der Waals surface area (Å²) >= 11 is 0.